The van der Waals surface area contributed by atoms with Gasteiger partial charge < -0.3 is 9.84 Å². The van der Waals surface area contributed by atoms with Crippen LogP contribution in [0.1, 0.15) is 12.5 Å². The van der Waals surface area contributed by atoms with Crippen LogP contribution in [0.25, 0.3) is 0 Å². The zero-order valence-electron chi connectivity index (χ0n) is 9.30. The van der Waals surface area contributed by atoms with Gasteiger partial charge in [-0.3, -0.25) is 9.59 Å². The number of Topliss-reactive ketones (excluding diaryl/α,β-unsaturated/α-hetero) is 2. The molecule has 0 saturated carbocycles. The molecule has 0 aliphatic carbocycles. The van der Waals surface area contributed by atoms with E-state index in [1.807, 2.05) is 0 Å². The number of ether oxygens (including phenoxy) is 1. The van der Waals surface area contributed by atoms with Crippen LogP contribution >= 0.6 is 0 Å². The lowest BCUT2D eigenvalue weighted by Crippen LogP contribution is -2.21. The average Bonchev–Trinajstić information content (AvgIpc) is 2.28. The van der Waals surface area contributed by atoms with E-state index in [2.05, 4.69) is 4.74 Å². The molecule has 0 spiro atoms. The number of rotatable bonds is 5. The Balaban J connectivity index is 2.51. The molecule has 0 atom stereocenters. The molecule has 1 rings (SSSR count). The second-order valence-corrected chi connectivity index (χ2v) is 3.54. The third-order valence-electron chi connectivity index (χ3n) is 1.94. The number of ketones is 2. The van der Waals surface area contributed by atoms with E-state index in [1.165, 1.54) is 31.2 Å². The highest BCUT2D eigenvalue weighted by Crippen LogP contribution is 2.10. The number of carbonyl (C=O) groups excluding carboxylic acids is 3. The van der Waals surface area contributed by atoms with Crippen LogP contribution in [0.5, 0.6) is 5.75 Å². The highest BCUT2D eigenvalue weighted by atomic mass is 16.5. The number of hydrogen-bond acceptors (Lipinski definition) is 5. The number of benzene rings is 1. The standard InChI is InChI=1S/C12H12O5/c1-8(13)7-17-12(16)11(15)6-9-2-4-10(14)5-3-9/h2-5,14H,6-7H2,1H3. The maximum absolute atomic E-state index is 11.4. The number of hydrogen-bond donors (Lipinski definition) is 1. The Hall–Kier alpha value is -2.17. The van der Waals surface area contributed by atoms with E-state index in [4.69, 9.17) is 5.11 Å². The second-order valence-electron chi connectivity index (χ2n) is 3.54. The number of carbonyl (C=O) groups is 3. The Morgan fingerprint density at radius 1 is 1.18 bits per heavy atom. The first kappa shape index (κ1) is 12.9. The van der Waals surface area contributed by atoms with Crippen molar-refractivity contribution in [1.82, 2.24) is 0 Å². The molecule has 0 fully saturated rings. The molecule has 1 N–H and O–H groups in total. The summed E-state index contributed by atoms with van der Waals surface area (Å²) in [6.07, 6.45) is -0.114. The fourth-order valence-corrected chi connectivity index (χ4v) is 1.12. The van der Waals surface area contributed by atoms with Crippen molar-refractivity contribution in [3.8, 4) is 5.75 Å². The summed E-state index contributed by atoms with van der Waals surface area (Å²) < 4.78 is 4.47. The topological polar surface area (TPSA) is 80.7 Å². The fourth-order valence-electron chi connectivity index (χ4n) is 1.12. The molecule has 0 radical (unpaired) electrons. The van der Waals surface area contributed by atoms with E-state index in [9.17, 15) is 14.4 Å². The molecule has 0 aromatic heterocycles. The molecule has 0 bridgehead atoms. The fraction of sp³-hybridized carbons (Fsp3) is 0.250. The van der Waals surface area contributed by atoms with Gasteiger partial charge in [-0.25, -0.2) is 4.79 Å². The maximum atomic E-state index is 11.4. The molecule has 1 aromatic rings. The van der Waals surface area contributed by atoms with Gasteiger partial charge >= 0.3 is 5.97 Å². The Labute approximate surface area is 98.0 Å². The number of phenols is 1. The molecule has 0 saturated heterocycles. The highest BCUT2D eigenvalue weighted by Gasteiger charge is 2.16. The molecule has 0 aliphatic heterocycles. The Morgan fingerprint density at radius 3 is 2.29 bits per heavy atom. The molecular weight excluding hydrogens is 224 g/mol. The zero-order chi connectivity index (χ0) is 12.8. The van der Waals surface area contributed by atoms with Gasteiger partial charge in [0.1, 0.15) is 12.4 Å². The van der Waals surface area contributed by atoms with Crippen molar-refractivity contribution >= 4 is 17.5 Å². The van der Waals surface area contributed by atoms with Crippen LogP contribution in [0.2, 0.25) is 0 Å². The SMILES string of the molecule is CC(=O)COC(=O)C(=O)Cc1ccc(O)cc1. The lowest BCUT2D eigenvalue weighted by molar-refractivity contribution is -0.155. The van der Waals surface area contributed by atoms with Gasteiger partial charge in [0.05, 0.1) is 0 Å². The van der Waals surface area contributed by atoms with Crippen LogP contribution in [0.15, 0.2) is 24.3 Å². The van der Waals surface area contributed by atoms with Gasteiger partial charge in [-0.15, -0.1) is 0 Å². The first-order valence-corrected chi connectivity index (χ1v) is 4.96. The minimum atomic E-state index is -1.02. The molecule has 5 nitrogen and oxygen atoms in total. The first-order chi connectivity index (χ1) is 7.99. The molecule has 17 heavy (non-hydrogen) atoms. The molecule has 0 amide bonds. The van der Waals surface area contributed by atoms with Crippen molar-refractivity contribution < 1.29 is 24.2 Å². The van der Waals surface area contributed by atoms with E-state index in [1.54, 1.807) is 0 Å². The molecule has 0 heterocycles. The van der Waals surface area contributed by atoms with Crippen LogP contribution in [0.4, 0.5) is 0 Å². The van der Waals surface area contributed by atoms with Crippen LogP contribution in [-0.4, -0.2) is 29.2 Å². The number of aromatic hydroxyl groups is 1. The third kappa shape index (κ3) is 4.46. The largest absolute Gasteiger partial charge is 0.508 e. The zero-order valence-corrected chi connectivity index (χ0v) is 9.30. The summed E-state index contributed by atoms with van der Waals surface area (Å²) in [5.41, 5.74) is 0.590. The average molecular weight is 236 g/mol. The van der Waals surface area contributed by atoms with Gasteiger partial charge in [0.15, 0.2) is 5.78 Å². The van der Waals surface area contributed by atoms with Gasteiger partial charge in [-0.2, -0.15) is 0 Å². The minimum absolute atomic E-state index is 0.0837. The lowest BCUT2D eigenvalue weighted by Gasteiger charge is -2.02. The number of phenolic OH excluding ortho intramolecular Hbond substituents is 1. The molecule has 90 valence electrons. The Kier molecular flexibility index (Phi) is 4.39. The second kappa shape index (κ2) is 5.79. The van der Waals surface area contributed by atoms with Crippen molar-refractivity contribution in [2.45, 2.75) is 13.3 Å². The van der Waals surface area contributed by atoms with E-state index < -0.39 is 11.8 Å². The predicted octanol–water partition coefficient (Wildman–Crippen LogP) is 0.636. The first-order valence-electron chi connectivity index (χ1n) is 4.96. The summed E-state index contributed by atoms with van der Waals surface area (Å²) in [7, 11) is 0. The summed E-state index contributed by atoms with van der Waals surface area (Å²) in [4.78, 5) is 33.1. The van der Waals surface area contributed by atoms with Crippen molar-refractivity contribution in [3.05, 3.63) is 29.8 Å². The Morgan fingerprint density at radius 2 is 1.76 bits per heavy atom. The Bertz CT molecular complexity index is 433. The van der Waals surface area contributed by atoms with Crippen molar-refractivity contribution in [3.63, 3.8) is 0 Å². The van der Waals surface area contributed by atoms with E-state index in [0.29, 0.717) is 5.56 Å². The van der Waals surface area contributed by atoms with Crippen LogP contribution in [0, 0.1) is 0 Å². The van der Waals surface area contributed by atoms with Gasteiger partial charge in [-0.1, -0.05) is 12.1 Å². The van der Waals surface area contributed by atoms with E-state index in [-0.39, 0.29) is 24.6 Å². The highest BCUT2D eigenvalue weighted by molar-refractivity contribution is 6.34. The summed E-state index contributed by atoms with van der Waals surface area (Å²) in [5, 5.41) is 9.03. The van der Waals surface area contributed by atoms with E-state index in [0.717, 1.165) is 0 Å². The maximum Gasteiger partial charge on any atom is 0.375 e. The van der Waals surface area contributed by atoms with Gasteiger partial charge in [0.2, 0.25) is 5.78 Å². The molecule has 0 unspecified atom stereocenters. The van der Waals surface area contributed by atoms with Crippen LogP contribution < -0.4 is 0 Å². The van der Waals surface area contributed by atoms with Gasteiger partial charge in [-0.05, 0) is 24.6 Å². The quantitative estimate of drug-likeness (QED) is 0.599. The van der Waals surface area contributed by atoms with Crippen molar-refractivity contribution in [2.75, 3.05) is 6.61 Å². The van der Waals surface area contributed by atoms with Gasteiger partial charge in [0.25, 0.3) is 0 Å². The number of esters is 1. The van der Waals surface area contributed by atoms with Crippen LogP contribution in [-0.2, 0) is 25.5 Å². The van der Waals surface area contributed by atoms with Crippen molar-refractivity contribution in [1.29, 1.82) is 0 Å². The summed E-state index contributed by atoms with van der Waals surface area (Å²) in [6, 6.07) is 5.91. The molecule has 5 heteroatoms. The predicted molar refractivity (Wildman–Crippen MR) is 58.5 cm³/mol. The summed E-state index contributed by atoms with van der Waals surface area (Å²) >= 11 is 0. The monoisotopic (exact) mass is 236 g/mol. The molecule has 1 aromatic carbocycles. The molecular formula is C12H12O5. The smallest absolute Gasteiger partial charge is 0.375 e. The van der Waals surface area contributed by atoms with Gasteiger partial charge in [0, 0.05) is 6.42 Å². The normalized spacial score (nSPS) is 9.71. The molecule has 0 aliphatic rings. The third-order valence-corrected chi connectivity index (χ3v) is 1.94. The minimum Gasteiger partial charge on any atom is -0.508 e. The van der Waals surface area contributed by atoms with Crippen molar-refractivity contribution in [2.24, 2.45) is 0 Å². The van der Waals surface area contributed by atoms with E-state index >= 15 is 0 Å². The van der Waals surface area contributed by atoms with Crippen LogP contribution in [0.3, 0.4) is 0 Å². The summed E-state index contributed by atoms with van der Waals surface area (Å²) in [6.45, 7) is 0.873. The summed E-state index contributed by atoms with van der Waals surface area (Å²) in [5.74, 6) is -1.98. The lowest BCUT2D eigenvalue weighted by atomic mass is 10.1.